The lowest BCUT2D eigenvalue weighted by Gasteiger charge is -2.17. The number of hydrogen-bond acceptors (Lipinski definition) is 2. The Hall–Kier alpha value is -1.57. The Kier molecular flexibility index (Phi) is 3.79. The van der Waals surface area contributed by atoms with Crippen LogP contribution in [0.1, 0.15) is 16.7 Å². The Morgan fingerprint density at radius 3 is 2.00 bits per heavy atom. The van der Waals surface area contributed by atoms with Gasteiger partial charge < -0.3 is 9.42 Å². The molecule has 2 aromatic carbocycles. The zero-order valence-electron chi connectivity index (χ0n) is 11.3. The van der Waals surface area contributed by atoms with Crippen molar-refractivity contribution in [3.05, 3.63) is 59.2 Å². The van der Waals surface area contributed by atoms with Gasteiger partial charge in [-0.05, 0) is 44.0 Å². The van der Waals surface area contributed by atoms with Crippen molar-refractivity contribution in [3.63, 3.8) is 0 Å². The second kappa shape index (κ2) is 5.20. The molecule has 0 aliphatic carbocycles. The fourth-order valence-corrected chi connectivity index (χ4v) is 3.02. The summed E-state index contributed by atoms with van der Waals surface area (Å²) in [7, 11) is -3.84. The van der Waals surface area contributed by atoms with Crippen LogP contribution in [0.15, 0.2) is 42.5 Å². The quantitative estimate of drug-likeness (QED) is 0.873. The summed E-state index contributed by atoms with van der Waals surface area (Å²) in [5.74, 6) is 0.480. The van der Waals surface area contributed by atoms with Crippen LogP contribution in [-0.2, 0) is 4.57 Å². The molecule has 0 heterocycles. The molecule has 0 spiro atoms. The van der Waals surface area contributed by atoms with Crippen molar-refractivity contribution in [1.82, 2.24) is 0 Å². The molecule has 0 aliphatic rings. The Bertz CT molecular complexity index is 612. The highest BCUT2D eigenvalue weighted by Crippen LogP contribution is 2.43. The van der Waals surface area contributed by atoms with E-state index in [4.69, 9.17) is 4.52 Å². The molecule has 1 N–H and O–H groups in total. The highest BCUT2D eigenvalue weighted by Gasteiger charge is 2.25. The summed E-state index contributed by atoms with van der Waals surface area (Å²) in [6.45, 7) is 5.65. The van der Waals surface area contributed by atoms with Gasteiger partial charge in [0.25, 0.3) is 0 Å². The molecule has 4 heteroatoms. The zero-order valence-corrected chi connectivity index (χ0v) is 12.1. The fraction of sp³-hybridized carbons (Fsp3) is 0.200. The molecule has 1 atom stereocenters. The van der Waals surface area contributed by atoms with Gasteiger partial charge in [0.05, 0.1) is 5.30 Å². The van der Waals surface area contributed by atoms with Gasteiger partial charge in [0.2, 0.25) is 0 Å². The van der Waals surface area contributed by atoms with Gasteiger partial charge in [-0.1, -0.05) is 35.9 Å². The highest BCUT2D eigenvalue weighted by atomic mass is 31.2. The minimum Gasteiger partial charge on any atom is -0.421 e. The second-order valence-corrected chi connectivity index (χ2v) is 6.41. The first-order chi connectivity index (χ1) is 8.90. The van der Waals surface area contributed by atoms with Gasteiger partial charge in [0.1, 0.15) is 5.75 Å². The molecule has 0 aromatic heterocycles. The molecule has 0 fully saturated rings. The molecule has 0 aliphatic heterocycles. The first-order valence-corrected chi connectivity index (χ1v) is 7.64. The Morgan fingerprint density at radius 1 is 0.947 bits per heavy atom. The van der Waals surface area contributed by atoms with E-state index in [1.165, 1.54) is 0 Å². The van der Waals surface area contributed by atoms with Crippen LogP contribution in [-0.4, -0.2) is 4.89 Å². The number of aryl methyl sites for hydroxylation is 3. The van der Waals surface area contributed by atoms with Crippen molar-refractivity contribution in [2.24, 2.45) is 0 Å². The number of hydrogen-bond donors (Lipinski definition) is 1. The predicted molar refractivity (Wildman–Crippen MR) is 77.2 cm³/mol. The van der Waals surface area contributed by atoms with E-state index >= 15 is 0 Å². The van der Waals surface area contributed by atoms with Gasteiger partial charge in [0.15, 0.2) is 0 Å². The van der Waals surface area contributed by atoms with Crippen LogP contribution >= 0.6 is 7.60 Å². The molecule has 19 heavy (non-hydrogen) atoms. The first-order valence-electron chi connectivity index (χ1n) is 6.06. The molecule has 0 bridgehead atoms. The number of rotatable bonds is 3. The van der Waals surface area contributed by atoms with E-state index in [0.717, 1.165) is 16.7 Å². The van der Waals surface area contributed by atoms with Crippen molar-refractivity contribution in [2.75, 3.05) is 0 Å². The minimum absolute atomic E-state index is 0.306. The summed E-state index contributed by atoms with van der Waals surface area (Å²) in [5.41, 5.74) is 2.73. The molecular weight excluding hydrogens is 259 g/mol. The highest BCUT2D eigenvalue weighted by molar-refractivity contribution is 7.61. The maximum absolute atomic E-state index is 12.3. The third-order valence-corrected chi connectivity index (χ3v) is 4.36. The summed E-state index contributed by atoms with van der Waals surface area (Å²) in [6.07, 6.45) is 0. The van der Waals surface area contributed by atoms with E-state index in [1.807, 2.05) is 39.0 Å². The SMILES string of the molecule is Cc1ccc(P(=O)(O)Oc2c(C)cccc2C)cc1. The zero-order chi connectivity index (χ0) is 14.0. The molecule has 0 radical (unpaired) electrons. The largest absolute Gasteiger partial charge is 0.421 e. The predicted octanol–water partition coefficient (Wildman–Crippen LogP) is 3.50. The molecule has 2 rings (SSSR count). The molecule has 0 saturated heterocycles. The van der Waals surface area contributed by atoms with Gasteiger partial charge in [-0.3, -0.25) is 0 Å². The molecule has 1 unspecified atom stereocenters. The Morgan fingerprint density at radius 2 is 1.47 bits per heavy atom. The lowest BCUT2D eigenvalue weighted by atomic mass is 10.1. The van der Waals surface area contributed by atoms with E-state index in [2.05, 4.69) is 0 Å². The van der Waals surface area contributed by atoms with Gasteiger partial charge >= 0.3 is 7.60 Å². The lowest BCUT2D eigenvalue weighted by molar-refractivity contribution is 0.391. The molecule has 0 saturated carbocycles. The first kappa shape index (κ1) is 13.9. The monoisotopic (exact) mass is 276 g/mol. The topological polar surface area (TPSA) is 46.5 Å². The Balaban J connectivity index is 2.36. The standard InChI is InChI=1S/C15H17O3P/c1-11-7-9-14(10-8-11)19(16,17)18-15-12(2)5-4-6-13(15)3/h4-10H,1-3H3,(H,16,17). The average Bonchev–Trinajstić information content (AvgIpc) is 2.35. The normalized spacial score (nSPS) is 13.9. The smallest absolute Gasteiger partial charge is 0.408 e. The van der Waals surface area contributed by atoms with Crippen LogP contribution in [0.3, 0.4) is 0 Å². The van der Waals surface area contributed by atoms with Crippen molar-refractivity contribution in [3.8, 4) is 5.75 Å². The lowest BCUT2D eigenvalue weighted by Crippen LogP contribution is -2.10. The van der Waals surface area contributed by atoms with E-state index < -0.39 is 7.60 Å². The van der Waals surface area contributed by atoms with Gasteiger partial charge in [0, 0.05) is 0 Å². The summed E-state index contributed by atoms with van der Waals surface area (Å²) in [5, 5.41) is 0.306. The van der Waals surface area contributed by atoms with E-state index in [9.17, 15) is 9.46 Å². The van der Waals surface area contributed by atoms with Crippen molar-refractivity contribution in [2.45, 2.75) is 20.8 Å². The summed E-state index contributed by atoms with van der Waals surface area (Å²) in [4.78, 5) is 10.1. The third-order valence-electron chi connectivity index (χ3n) is 2.98. The molecule has 3 nitrogen and oxygen atoms in total. The maximum atomic E-state index is 12.3. The van der Waals surface area contributed by atoms with Crippen LogP contribution in [0.2, 0.25) is 0 Å². The van der Waals surface area contributed by atoms with Crippen molar-refractivity contribution >= 4 is 12.9 Å². The molecule has 0 amide bonds. The van der Waals surface area contributed by atoms with Crippen LogP contribution in [0.25, 0.3) is 0 Å². The van der Waals surface area contributed by atoms with Crippen molar-refractivity contribution in [1.29, 1.82) is 0 Å². The number of para-hydroxylation sites is 1. The molecule has 100 valence electrons. The summed E-state index contributed by atoms with van der Waals surface area (Å²) in [6, 6.07) is 12.5. The minimum atomic E-state index is -3.84. The van der Waals surface area contributed by atoms with Gasteiger partial charge in [-0.15, -0.1) is 0 Å². The van der Waals surface area contributed by atoms with Crippen LogP contribution in [0, 0.1) is 20.8 Å². The van der Waals surface area contributed by atoms with E-state index in [-0.39, 0.29) is 0 Å². The summed E-state index contributed by atoms with van der Waals surface area (Å²) < 4.78 is 17.7. The summed E-state index contributed by atoms with van der Waals surface area (Å²) >= 11 is 0. The molecule has 2 aromatic rings. The number of benzene rings is 2. The van der Waals surface area contributed by atoms with E-state index in [0.29, 0.717) is 11.1 Å². The van der Waals surface area contributed by atoms with Crippen molar-refractivity contribution < 1.29 is 14.0 Å². The van der Waals surface area contributed by atoms with E-state index in [1.54, 1.807) is 24.3 Å². The third kappa shape index (κ3) is 3.06. The Labute approximate surface area is 113 Å². The van der Waals surface area contributed by atoms with Gasteiger partial charge in [-0.25, -0.2) is 4.57 Å². The van der Waals surface area contributed by atoms with Crippen LogP contribution < -0.4 is 9.83 Å². The van der Waals surface area contributed by atoms with Crippen LogP contribution in [0.4, 0.5) is 0 Å². The average molecular weight is 276 g/mol. The fourth-order valence-electron chi connectivity index (χ4n) is 1.85. The van der Waals surface area contributed by atoms with Gasteiger partial charge in [-0.2, -0.15) is 0 Å². The molecular formula is C15H17O3P. The van der Waals surface area contributed by atoms with Crippen LogP contribution in [0.5, 0.6) is 5.75 Å². The maximum Gasteiger partial charge on any atom is 0.408 e. The second-order valence-electron chi connectivity index (χ2n) is 4.67.